The molecule has 10 nitrogen and oxygen atoms in total. The molecule has 186 valence electrons. The highest BCUT2D eigenvalue weighted by molar-refractivity contribution is 7.99. The minimum Gasteiger partial charge on any atom is -0.493 e. The van der Waals surface area contributed by atoms with Crippen LogP contribution in [0, 0.1) is 0 Å². The van der Waals surface area contributed by atoms with Crippen LogP contribution in [-0.4, -0.2) is 49.1 Å². The molecule has 0 aliphatic heterocycles. The monoisotopic (exact) mass is 508 g/mol. The molecule has 0 bridgehead atoms. The van der Waals surface area contributed by atoms with Crippen LogP contribution >= 0.6 is 11.8 Å². The lowest BCUT2D eigenvalue weighted by Gasteiger charge is -2.13. The molecule has 4 aromatic rings. The second kappa shape index (κ2) is 11.5. The molecule has 2 amide bonds. The summed E-state index contributed by atoms with van der Waals surface area (Å²) < 4.78 is 21.4. The number of benzene rings is 3. The Morgan fingerprint density at radius 1 is 0.944 bits per heavy atom. The normalized spacial score (nSPS) is 10.6. The van der Waals surface area contributed by atoms with E-state index >= 15 is 0 Å². The number of hydrogen-bond acceptors (Lipinski definition) is 9. The number of methoxy groups -OCH3 is 3. The fourth-order valence-electron chi connectivity index (χ4n) is 3.49. The SMILES string of the molecule is COc1cc(C(=O)NCc2nnc(SCC(=O)Nc3cccc4ccccc34)o2)cc(OC)c1OC. The van der Waals surface area contributed by atoms with Gasteiger partial charge in [-0.25, -0.2) is 0 Å². The summed E-state index contributed by atoms with van der Waals surface area (Å²) >= 11 is 1.11. The molecule has 0 saturated carbocycles. The van der Waals surface area contributed by atoms with Crippen molar-refractivity contribution < 1.29 is 28.2 Å². The van der Waals surface area contributed by atoms with E-state index in [2.05, 4.69) is 20.8 Å². The molecule has 11 heteroatoms. The highest BCUT2D eigenvalue weighted by Crippen LogP contribution is 2.38. The predicted octanol–water partition coefficient (Wildman–Crippen LogP) is 3.91. The fourth-order valence-corrected chi connectivity index (χ4v) is 4.07. The molecule has 0 fully saturated rings. The molecule has 0 spiro atoms. The molecule has 0 saturated heterocycles. The molecule has 0 unspecified atom stereocenters. The second-order valence-corrected chi connectivity index (χ2v) is 8.35. The average Bonchev–Trinajstić information content (AvgIpc) is 3.37. The van der Waals surface area contributed by atoms with Crippen molar-refractivity contribution in [2.24, 2.45) is 0 Å². The van der Waals surface area contributed by atoms with E-state index in [1.165, 1.54) is 21.3 Å². The molecule has 2 N–H and O–H groups in total. The molecule has 0 aliphatic carbocycles. The molecular weight excluding hydrogens is 484 g/mol. The summed E-state index contributed by atoms with van der Waals surface area (Å²) in [6.45, 7) is 0.00521. The number of rotatable bonds is 10. The second-order valence-electron chi connectivity index (χ2n) is 7.42. The fraction of sp³-hybridized carbons (Fsp3) is 0.200. The zero-order valence-electron chi connectivity index (χ0n) is 19.9. The van der Waals surface area contributed by atoms with Gasteiger partial charge in [-0.3, -0.25) is 9.59 Å². The third-order valence-electron chi connectivity index (χ3n) is 5.17. The van der Waals surface area contributed by atoms with Crippen molar-refractivity contribution >= 4 is 40.0 Å². The Bertz CT molecular complexity index is 1360. The van der Waals surface area contributed by atoms with E-state index in [0.717, 1.165) is 28.2 Å². The largest absolute Gasteiger partial charge is 0.493 e. The number of ether oxygens (including phenoxy) is 3. The maximum absolute atomic E-state index is 12.6. The number of aromatic nitrogens is 2. The number of hydrogen-bond donors (Lipinski definition) is 2. The summed E-state index contributed by atoms with van der Waals surface area (Å²) in [4.78, 5) is 25.1. The van der Waals surface area contributed by atoms with Gasteiger partial charge in [0.25, 0.3) is 11.1 Å². The van der Waals surface area contributed by atoms with E-state index in [1.807, 2.05) is 42.5 Å². The molecule has 36 heavy (non-hydrogen) atoms. The smallest absolute Gasteiger partial charge is 0.277 e. The maximum atomic E-state index is 12.6. The van der Waals surface area contributed by atoms with E-state index in [0.29, 0.717) is 22.8 Å². The zero-order valence-corrected chi connectivity index (χ0v) is 20.7. The molecule has 4 rings (SSSR count). The van der Waals surface area contributed by atoms with Crippen LogP contribution in [0.15, 0.2) is 64.2 Å². The number of carbonyl (C=O) groups excluding carboxylic acids is 2. The Balaban J connectivity index is 1.32. The van der Waals surface area contributed by atoms with Crippen LogP contribution < -0.4 is 24.8 Å². The summed E-state index contributed by atoms with van der Waals surface area (Å²) in [6, 6.07) is 16.6. The van der Waals surface area contributed by atoms with Crippen molar-refractivity contribution in [3.8, 4) is 17.2 Å². The van der Waals surface area contributed by atoms with Gasteiger partial charge in [0, 0.05) is 16.6 Å². The van der Waals surface area contributed by atoms with E-state index in [1.54, 1.807) is 12.1 Å². The third kappa shape index (κ3) is 5.69. The highest BCUT2D eigenvalue weighted by Gasteiger charge is 2.18. The van der Waals surface area contributed by atoms with Crippen molar-refractivity contribution in [3.05, 3.63) is 66.1 Å². The van der Waals surface area contributed by atoms with Gasteiger partial charge in [-0.05, 0) is 23.6 Å². The van der Waals surface area contributed by atoms with Gasteiger partial charge < -0.3 is 29.3 Å². The number of amides is 2. The lowest BCUT2D eigenvalue weighted by molar-refractivity contribution is -0.113. The predicted molar refractivity (Wildman–Crippen MR) is 135 cm³/mol. The van der Waals surface area contributed by atoms with E-state index < -0.39 is 5.91 Å². The number of carbonyl (C=O) groups is 2. The lowest BCUT2D eigenvalue weighted by Crippen LogP contribution is -2.23. The highest BCUT2D eigenvalue weighted by atomic mass is 32.2. The van der Waals surface area contributed by atoms with Crippen LogP contribution in [0.3, 0.4) is 0 Å². The molecule has 1 heterocycles. The third-order valence-corrected chi connectivity index (χ3v) is 5.98. The first-order chi connectivity index (χ1) is 17.5. The molecule has 3 aromatic carbocycles. The van der Waals surface area contributed by atoms with E-state index in [9.17, 15) is 9.59 Å². The zero-order chi connectivity index (χ0) is 25.5. The van der Waals surface area contributed by atoms with Gasteiger partial charge in [0.05, 0.1) is 33.6 Å². The number of thioether (sulfide) groups is 1. The quantitative estimate of drug-likeness (QED) is 0.307. The molecule has 1 aromatic heterocycles. The first-order valence-corrected chi connectivity index (χ1v) is 11.8. The summed E-state index contributed by atoms with van der Waals surface area (Å²) in [6.07, 6.45) is 0. The topological polar surface area (TPSA) is 125 Å². The van der Waals surface area contributed by atoms with Gasteiger partial charge in [-0.1, -0.05) is 48.2 Å². The van der Waals surface area contributed by atoms with Gasteiger partial charge in [-0.15, -0.1) is 10.2 Å². The Morgan fingerprint density at radius 2 is 1.67 bits per heavy atom. The molecule has 0 aliphatic rings. The molecule has 0 radical (unpaired) electrons. The van der Waals surface area contributed by atoms with Crippen molar-refractivity contribution in [1.82, 2.24) is 15.5 Å². The summed E-state index contributed by atoms with van der Waals surface area (Å²) in [5, 5.41) is 15.7. The number of nitrogens with one attached hydrogen (secondary N) is 2. The minimum absolute atomic E-state index is 0.00521. The first kappa shape index (κ1) is 24.9. The minimum atomic E-state index is -0.392. The van der Waals surface area contributed by atoms with Crippen molar-refractivity contribution in [2.75, 3.05) is 32.4 Å². The van der Waals surface area contributed by atoms with Crippen LogP contribution in [0.4, 0.5) is 5.69 Å². The first-order valence-electron chi connectivity index (χ1n) is 10.8. The lowest BCUT2D eigenvalue weighted by atomic mass is 10.1. The number of nitrogens with zero attached hydrogens (tertiary/aromatic N) is 2. The molecule has 0 atom stereocenters. The van der Waals surface area contributed by atoms with Crippen LogP contribution in [0.1, 0.15) is 16.2 Å². The van der Waals surface area contributed by atoms with Gasteiger partial charge in [0.1, 0.15) is 0 Å². The van der Waals surface area contributed by atoms with Crippen LogP contribution in [0.5, 0.6) is 17.2 Å². The van der Waals surface area contributed by atoms with Gasteiger partial charge in [0.2, 0.25) is 17.5 Å². The number of fused-ring (bicyclic) bond motifs is 1. The van der Waals surface area contributed by atoms with Gasteiger partial charge in [0.15, 0.2) is 11.5 Å². The van der Waals surface area contributed by atoms with Gasteiger partial charge in [-0.2, -0.15) is 0 Å². The van der Waals surface area contributed by atoms with Crippen LogP contribution in [0.2, 0.25) is 0 Å². The standard InChI is InChI=1S/C25H24N4O6S/c1-32-19-11-16(12-20(33-2)23(19)34-3)24(31)26-13-22-28-29-25(35-22)36-14-21(30)27-18-10-6-8-15-7-4-5-9-17(15)18/h4-12H,13-14H2,1-3H3,(H,26,31)(H,27,30). The Hall–Kier alpha value is -4.25. The maximum Gasteiger partial charge on any atom is 0.277 e. The molecular formula is C25H24N4O6S. The Kier molecular flexibility index (Phi) is 7.91. The average molecular weight is 509 g/mol. The van der Waals surface area contributed by atoms with Gasteiger partial charge >= 0.3 is 0 Å². The summed E-state index contributed by atoms with van der Waals surface area (Å²) in [7, 11) is 4.43. The summed E-state index contributed by atoms with van der Waals surface area (Å²) in [5.41, 5.74) is 1.04. The Morgan fingerprint density at radius 3 is 2.39 bits per heavy atom. The Labute approximate surface area is 211 Å². The van der Waals surface area contributed by atoms with Crippen LogP contribution in [0.25, 0.3) is 10.8 Å². The van der Waals surface area contributed by atoms with Crippen molar-refractivity contribution in [1.29, 1.82) is 0 Å². The van der Waals surface area contributed by atoms with Crippen LogP contribution in [-0.2, 0) is 11.3 Å². The van der Waals surface area contributed by atoms with Crippen molar-refractivity contribution in [3.63, 3.8) is 0 Å². The summed E-state index contributed by atoms with van der Waals surface area (Å²) in [5.74, 6) is 0.804. The number of anilines is 1. The van der Waals surface area contributed by atoms with E-state index in [4.69, 9.17) is 18.6 Å². The van der Waals surface area contributed by atoms with Crippen molar-refractivity contribution in [2.45, 2.75) is 11.8 Å². The van der Waals surface area contributed by atoms with E-state index in [-0.39, 0.29) is 29.3 Å².